The number of pyridine rings is 1. The Labute approximate surface area is 183 Å². The number of hydrogen-bond donors (Lipinski definition) is 1. The molecule has 3 aromatic rings. The second-order valence-corrected chi connectivity index (χ2v) is 10.7. The molecule has 1 amide bonds. The molecule has 2 aromatic carbocycles. The van der Waals surface area contributed by atoms with Crippen LogP contribution in [0.1, 0.15) is 10.4 Å². The predicted molar refractivity (Wildman–Crippen MR) is 114 cm³/mol. The summed E-state index contributed by atoms with van der Waals surface area (Å²) in [6, 6.07) is 12.8. The Bertz CT molecular complexity index is 1340. The molecule has 1 N–H and O–H groups in total. The summed E-state index contributed by atoms with van der Waals surface area (Å²) in [4.78, 5) is 16.2. The number of sulfonamides is 1. The van der Waals surface area contributed by atoms with E-state index in [-0.39, 0.29) is 26.1 Å². The van der Waals surface area contributed by atoms with Gasteiger partial charge in [0.1, 0.15) is 4.90 Å². The van der Waals surface area contributed by atoms with Crippen molar-refractivity contribution in [3.05, 3.63) is 76.4 Å². The summed E-state index contributed by atoms with van der Waals surface area (Å²) in [7, 11) is -7.75. The molecule has 11 heteroatoms. The largest absolute Gasteiger partial charge is 0.268 e. The van der Waals surface area contributed by atoms with Crippen molar-refractivity contribution < 1.29 is 21.6 Å². The standard InChI is InChI=1S/C19H14Cl2N2O5S2/c1-29(25,26)18-5-3-2-4-15(18)17-9-7-13(11-22-17)30(27,28)23-19(24)14-8-6-12(20)10-16(14)21/h2-11H,1H3,(H,23,24). The minimum Gasteiger partial charge on any atom is -0.268 e. The van der Waals surface area contributed by atoms with Crippen molar-refractivity contribution >= 4 is 49.0 Å². The summed E-state index contributed by atoms with van der Waals surface area (Å²) < 4.78 is 50.9. The molecule has 0 radical (unpaired) electrons. The van der Waals surface area contributed by atoms with Crippen molar-refractivity contribution in [2.45, 2.75) is 9.79 Å². The van der Waals surface area contributed by atoms with Gasteiger partial charge in [0.25, 0.3) is 15.9 Å². The number of carbonyl (C=O) groups is 1. The van der Waals surface area contributed by atoms with Gasteiger partial charge in [0.2, 0.25) is 0 Å². The minimum atomic E-state index is -4.24. The van der Waals surface area contributed by atoms with Gasteiger partial charge in [0.15, 0.2) is 9.84 Å². The fourth-order valence-corrected chi connectivity index (χ4v) is 4.91. The van der Waals surface area contributed by atoms with Gasteiger partial charge in [0, 0.05) is 23.0 Å². The number of nitrogens with zero attached hydrogens (tertiary/aromatic N) is 1. The van der Waals surface area contributed by atoms with Crippen LogP contribution in [0, 0.1) is 0 Å². The maximum Gasteiger partial charge on any atom is 0.266 e. The first kappa shape index (κ1) is 22.2. The second kappa shape index (κ2) is 8.35. The van der Waals surface area contributed by atoms with Crippen molar-refractivity contribution in [1.29, 1.82) is 0 Å². The van der Waals surface area contributed by atoms with Crippen LogP contribution in [0.25, 0.3) is 11.3 Å². The number of halogens is 2. The molecule has 0 aliphatic carbocycles. The van der Waals surface area contributed by atoms with E-state index in [0.717, 1.165) is 12.5 Å². The molecular weight excluding hydrogens is 471 g/mol. The summed E-state index contributed by atoms with van der Waals surface area (Å²) in [5.74, 6) is -0.928. The van der Waals surface area contributed by atoms with E-state index < -0.39 is 25.8 Å². The Morgan fingerprint density at radius 1 is 0.967 bits per heavy atom. The van der Waals surface area contributed by atoms with Crippen LogP contribution in [0.15, 0.2) is 70.6 Å². The summed E-state index contributed by atoms with van der Waals surface area (Å²) in [5, 5.41) is 0.301. The van der Waals surface area contributed by atoms with Gasteiger partial charge >= 0.3 is 0 Å². The van der Waals surface area contributed by atoms with Gasteiger partial charge in [-0.15, -0.1) is 0 Å². The average molecular weight is 485 g/mol. The topological polar surface area (TPSA) is 110 Å². The highest BCUT2D eigenvalue weighted by Gasteiger charge is 2.22. The van der Waals surface area contributed by atoms with Gasteiger partial charge in [-0.05, 0) is 36.4 Å². The molecule has 0 unspecified atom stereocenters. The number of sulfone groups is 1. The molecule has 0 fully saturated rings. The number of carbonyl (C=O) groups excluding carboxylic acids is 1. The molecule has 1 aromatic heterocycles. The Morgan fingerprint density at radius 2 is 1.67 bits per heavy atom. The molecule has 1 heterocycles. The van der Waals surface area contributed by atoms with Gasteiger partial charge in [-0.3, -0.25) is 9.78 Å². The van der Waals surface area contributed by atoms with Gasteiger partial charge in [-0.1, -0.05) is 41.4 Å². The van der Waals surface area contributed by atoms with E-state index in [1.54, 1.807) is 18.2 Å². The van der Waals surface area contributed by atoms with Gasteiger partial charge in [0.05, 0.1) is 21.2 Å². The smallest absolute Gasteiger partial charge is 0.266 e. The molecule has 30 heavy (non-hydrogen) atoms. The number of hydrogen-bond acceptors (Lipinski definition) is 6. The third kappa shape index (κ3) is 4.81. The molecule has 0 spiro atoms. The van der Waals surface area contributed by atoms with Crippen LogP contribution in [0.2, 0.25) is 10.0 Å². The molecule has 0 atom stereocenters. The van der Waals surface area contributed by atoms with Crippen LogP contribution in [0.4, 0.5) is 0 Å². The molecule has 0 saturated heterocycles. The van der Waals surface area contributed by atoms with Crippen LogP contribution in [0.5, 0.6) is 0 Å². The summed E-state index contributed by atoms with van der Waals surface area (Å²) in [5.41, 5.74) is 0.541. The second-order valence-electron chi connectivity index (χ2n) is 6.21. The summed E-state index contributed by atoms with van der Waals surface area (Å²) >= 11 is 11.7. The Kier molecular flexibility index (Phi) is 6.19. The first-order valence-corrected chi connectivity index (χ1v) is 12.4. The lowest BCUT2D eigenvalue weighted by atomic mass is 10.1. The number of benzene rings is 2. The highest BCUT2D eigenvalue weighted by molar-refractivity contribution is 7.91. The highest BCUT2D eigenvalue weighted by atomic mass is 35.5. The molecule has 3 rings (SSSR count). The third-order valence-electron chi connectivity index (χ3n) is 4.01. The average Bonchev–Trinajstić information content (AvgIpc) is 2.67. The Hall–Kier alpha value is -2.46. The van der Waals surface area contributed by atoms with Crippen LogP contribution >= 0.6 is 23.2 Å². The van der Waals surface area contributed by atoms with E-state index in [0.29, 0.717) is 10.6 Å². The zero-order chi connectivity index (χ0) is 22.1. The van der Waals surface area contributed by atoms with Crippen molar-refractivity contribution in [2.75, 3.05) is 6.26 Å². The lowest BCUT2D eigenvalue weighted by Crippen LogP contribution is -2.30. The predicted octanol–water partition coefficient (Wildman–Crippen LogP) is 3.58. The molecule has 0 aliphatic heterocycles. The zero-order valence-corrected chi connectivity index (χ0v) is 18.5. The number of rotatable bonds is 5. The van der Waals surface area contributed by atoms with Crippen molar-refractivity contribution in [1.82, 2.24) is 9.71 Å². The number of aromatic nitrogens is 1. The van der Waals surface area contributed by atoms with Crippen LogP contribution in [-0.4, -0.2) is 34.0 Å². The summed E-state index contributed by atoms with van der Waals surface area (Å²) in [6.45, 7) is 0. The maximum atomic E-state index is 12.5. The van der Waals surface area contributed by atoms with Gasteiger partial charge < -0.3 is 0 Å². The maximum absolute atomic E-state index is 12.5. The lowest BCUT2D eigenvalue weighted by Gasteiger charge is -2.10. The quantitative estimate of drug-likeness (QED) is 0.592. The molecule has 0 bridgehead atoms. The Morgan fingerprint density at radius 3 is 2.27 bits per heavy atom. The lowest BCUT2D eigenvalue weighted by molar-refractivity contribution is 0.0981. The monoisotopic (exact) mass is 484 g/mol. The molecule has 156 valence electrons. The van der Waals surface area contributed by atoms with Crippen molar-refractivity contribution in [3.8, 4) is 11.3 Å². The Balaban J connectivity index is 1.90. The van der Waals surface area contributed by atoms with Crippen molar-refractivity contribution in [3.63, 3.8) is 0 Å². The third-order valence-corrected chi connectivity index (χ3v) is 7.03. The van der Waals surface area contributed by atoms with Crippen molar-refractivity contribution in [2.24, 2.45) is 0 Å². The molecule has 7 nitrogen and oxygen atoms in total. The first-order chi connectivity index (χ1) is 14.0. The van der Waals surface area contributed by atoms with Crippen LogP contribution in [-0.2, 0) is 19.9 Å². The van der Waals surface area contributed by atoms with E-state index in [1.165, 1.54) is 36.4 Å². The minimum absolute atomic E-state index is 0.000977. The highest BCUT2D eigenvalue weighted by Crippen LogP contribution is 2.26. The first-order valence-electron chi connectivity index (χ1n) is 8.27. The molecule has 0 aliphatic rings. The van der Waals surface area contributed by atoms with E-state index in [9.17, 15) is 21.6 Å². The van der Waals surface area contributed by atoms with Gasteiger partial charge in [-0.2, -0.15) is 0 Å². The zero-order valence-electron chi connectivity index (χ0n) is 15.3. The van der Waals surface area contributed by atoms with E-state index >= 15 is 0 Å². The SMILES string of the molecule is CS(=O)(=O)c1ccccc1-c1ccc(S(=O)(=O)NC(=O)c2ccc(Cl)cc2Cl)cn1. The van der Waals surface area contributed by atoms with E-state index in [4.69, 9.17) is 23.2 Å². The van der Waals surface area contributed by atoms with E-state index in [1.807, 2.05) is 4.72 Å². The summed E-state index contributed by atoms with van der Waals surface area (Å²) in [6.07, 6.45) is 2.11. The number of nitrogens with one attached hydrogen (secondary N) is 1. The van der Waals surface area contributed by atoms with Crippen LogP contribution < -0.4 is 4.72 Å². The fourth-order valence-electron chi connectivity index (χ4n) is 2.61. The normalized spacial score (nSPS) is 11.8. The van der Waals surface area contributed by atoms with Crippen LogP contribution in [0.3, 0.4) is 0 Å². The van der Waals surface area contributed by atoms with E-state index in [2.05, 4.69) is 4.98 Å². The fraction of sp³-hybridized carbons (Fsp3) is 0.0526. The molecule has 0 saturated carbocycles. The molecular formula is C19H14Cl2N2O5S2. The number of amides is 1. The van der Waals surface area contributed by atoms with Gasteiger partial charge in [-0.25, -0.2) is 21.6 Å².